The molecule has 0 radical (unpaired) electrons. The molecule has 1 rings (SSSR count). The summed E-state index contributed by atoms with van der Waals surface area (Å²) in [5, 5.41) is 2.38. The van der Waals surface area contributed by atoms with Crippen LogP contribution in [0.4, 0.5) is 10.1 Å². The van der Waals surface area contributed by atoms with E-state index in [0.717, 1.165) is 6.07 Å². The van der Waals surface area contributed by atoms with E-state index in [2.05, 4.69) is 5.32 Å². The van der Waals surface area contributed by atoms with Gasteiger partial charge in [0.1, 0.15) is 5.82 Å². The zero-order valence-electron chi connectivity index (χ0n) is 11.2. The van der Waals surface area contributed by atoms with Crippen molar-refractivity contribution >= 4 is 29.2 Å². The van der Waals surface area contributed by atoms with E-state index < -0.39 is 23.8 Å². The second kappa shape index (κ2) is 7.65. The molecule has 108 valence electrons. The highest BCUT2D eigenvalue weighted by Crippen LogP contribution is 2.19. The summed E-state index contributed by atoms with van der Waals surface area (Å²) in [4.78, 5) is 23.1. The lowest BCUT2D eigenvalue weighted by Crippen LogP contribution is -2.29. The summed E-state index contributed by atoms with van der Waals surface area (Å²) in [5.74, 6) is -1.69. The molecule has 1 aromatic carbocycles. The van der Waals surface area contributed by atoms with Gasteiger partial charge in [0.15, 0.2) is 6.10 Å². The van der Waals surface area contributed by atoms with Crippen molar-refractivity contribution in [2.24, 2.45) is 0 Å². The van der Waals surface area contributed by atoms with Crippen molar-refractivity contribution in [3.63, 3.8) is 0 Å². The first-order valence-electron chi connectivity index (χ1n) is 6.07. The van der Waals surface area contributed by atoms with Crippen molar-refractivity contribution in [1.29, 1.82) is 0 Å². The van der Waals surface area contributed by atoms with Gasteiger partial charge in [-0.1, -0.05) is 24.6 Å². The van der Waals surface area contributed by atoms with Gasteiger partial charge in [-0.2, -0.15) is 0 Å². The van der Waals surface area contributed by atoms with Gasteiger partial charge >= 0.3 is 5.97 Å². The molecule has 1 amide bonds. The van der Waals surface area contributed by atoms with Crippen LogP contribution in [0.2, 0.25) is 5.02 Å². The third-order valence-electron chi connectivity index (χ3n) is 2.34. The third kappa shape index (κ3) is 5.01. The lowest BCUT2D eigenvalue weighted by atomic mass is 10.3. The monoisotopic (exact) mass is 299 g/mol. The van der Waals surface area contributed by atoms with E-state index in [9.17, 15) is 14.0 Å². The van der Waals surface area contributed by atoms with Gasteiger partial charge in [0.05, 0.1) is 5.02 Å². The summed E-state index contributed by atoms with van der Waals surface area (Å²) in [5.41, 5.74) is 0.327. The number of rotatable bonds is 5. The van der Waals surface area contributed by atoms with Crippen LogP contribution in [0.3, 0.4) is 0 Å². The fourth-order valence-corrected chi connectivity index (χ4v) is 1.48. The normalized spacial score (nSPS) is 12.2. The average molecular weight is 300 g/mol. The van der Waals surface area contributed by atoms with Gasteiger partial charge in [0, 0.05) is 11.8 Å². The molecule has 6 heteroatoms. The highest BCUT2D eigenvalue weighted by atomic mass is 35.5. The van der Waals surface area contributed by atoms with Crippen molar-refractivity contribution in [1.82, 2.24) is 0 Å². The van der Waals surface area contributed by atoms with Gasteiger partial charge in [0.2, 0.25) is 0 Å². The fraction of sp³-hybridized carbons (Fsp3) is 0.286. The maximum absolute atomic E-state index is 13.0. The molecule has 0 heterocycles. The molecule has 20 heavy (non-hydrogen) atoms. The molecule has 0 bridgehead atoms. The lowest BCUT2D eigenvalue weighted by molar-refractivity contribution is -0.148. The van der Waals surface area contributed by atoms with Crippen LogP contribution in [-0.4, -0.2) is 18.0 Å². The molecule has 0 aliphatic heterocycles. The van der Waals surface area contributed by atoms with Gasteiger partial charge in [0.25, 0.3) is 5.91 Å². The number of esters is 1. The minimum atomic E-state index is -0.965. The number of ether oxygens (including phenoxy) is 1. The first-order chi connectivity index (χ1) is 9.43. The largest absolute Gasteiger partial charge is 0.449 e. The topological polar surface area (TPSA) is 55.4 Å². The first-order valence-corrected chi connectivity index (χ1v) is 6.45. The van der Waals surface area contributed by atoms with Gasteiger partial charge in [-0.05, 0) is 31.5 Å². The Hall–Kier alpha value is -1.88. The molecular formula is C14H15ClFNO3. The molecule has 0 unspecified atom stereocenters. The molecular weight excluding hydrogens is 285 g/mol. The summed E-state index contributed by atoms with van der Waals surface area (Å²) in [6, 6.07) is 3.78. The predicted octanol–water partition coefficient (Wildman–Crippen LogP) is 3.32. The molecule has 0 spiro atoms. The number of allylic oxidation sites excluding steroid dienone is 1. The minimum Gasteiger partial charge on any atom is -0.449 e. The number of carbonyl (C=O) groups is 2. The van der Waals surface area contributed by atoms with Crippen molar-refractivity contribution in [3.05, 3.63) is 41.2 Å². The van der Waals surface area contributed by atoms with Crippen molar-refractivity contribution < 1.29 is 18.7 Å². The van der Waals surface area contributed by atoms with Crippen LogP contribution in [0.15, 0.2) is 30.4 Å². The Balaban J connectivity index is 2.59. The van der Waals surface area contributed by atoms with E-state index in [4.69, 9.17) is 16.3 Å². The smallest absolute Gasteiger partial charge is 0.331 e. The third-order valence-corrected chi connectivity index (χ3v) is 2.63. The zero-order valence-corrected chi connectivity index (χ0v) is 11.9. The maximum atomic E-state index is 13.0. The summed E-state index contributed by atoms with van der Waals surface area (Å²) >= 11 is 5.60. The fourth-order valence-electron chi connectivity index (χ4n) is 1.30. The summed E-state index contributed by atoms with van der Waals surface area (Å²) in [6.45, 7) is 3.32. The Morgan fingerprint density at radius 3 is 2.80 bits per heavy atom. The molecule has 0 saturated heterocycles. The Labute approximate surface area is 121 Å². The highest BCUT2D eigenvalue weighted by Gasteiger charge is 2.17. The van der Waals surface area contributed by atoms with Crippen LogP contribution in [0.5, 0.6) is 0 Å². The average Bonchev–Trinajstić information content (AvgIpc) is 2.40. The van der Waals surface area contributed by atoms with Crippen molar-refractivity contribution in [2.45, 2.75) is 26.4 Å². The summed E-state index contributed by atoms with van der Waals surface area (Å²) in [6.07, 6.45) is 2.63. The number of nitrogens with one attached hydrogen (secondary N) is 1. The molecule has 0 fully saturated rings. The number of carbonyl (C=O) groups excluding carboxylic acids is 2. The second-order valence-corrected chi connectivity index (χ2v) is 4.42. The predicted molar refractivity (Wildman–Crippen MR) is 75.0 cm³/mol. The van der Waals surface area contributed by atoms with Crippen LogP contribution in [0.25, 0.3) is 0 Å². The Bertz CT molecular complexity index is 531. The van der Waals surface area contributed by atoms with Gasteiger partial charge in [-0.3, -0.25) is 4.79 Å². The molecule has 0 aromatic heterocycles. The number of anilines is 1. The van der Waals surface area contributed by atoms with Crippen molar-refractivity contribution in [2.75, 3.05) is 5.32 Å². The Morgan fingerprint density at radius 1 is 1.50 bits per heavy atom. The number of benzene rings is 1. The van der Waals surface area contributed by atoms with Crippen LogP contribution < -0.4 is 5.32 Å². The van der Waals surface area contributed by atoms with Crippen LogP contribution in [-0.2, 0) is 14.3 Å². The quantitative estimate of drug-likeness (QED) is 0.670. The van der Waals surface area contributed by atoms with Gasteiger partial charge in [-0.25, -0.2) is 9.18 Å². The van der Waals surface area contributed by atoms with Crippen LogP contribution in [0, 0.1) is 5.82 Å². The standard InChI is InChI=1S/C14H15ClFNO3/c1-3-4-5-13(18)20-9(2)14(19)17-10-6-7-12(16)11(15)8-10/h4-9H,3H2,1-2H3,(H,17,19)/b5-4+/t9-/m0/s1. The zero-order chi connectivity index (χ0) is 15.1. The van der Waals surface area contributed by atoms with E-state index in [1.807, 2.05) is 6.92 Å². The molecule has 0 saturated carbocycles. The molecule has 4 nitrogen and oxygen atoms in total. The molecule has 1 aromatic rings. The summed E-state index contributed by atoms with van der Waals surface area (Å²) in [7, 11) is 0. The van der Waals surface area contributed by atoms with E-state index in [-0.39, 0.29) is 5.02 Å². The Kier molecular flexibility index (Phi) is 6.18. The van der Waals surface area contributed by atoms with Crippen LogP contribution in [0.1, 0.15) is 20.3 Å². The van der Waals surface area contributed by atoms with Gasteiger partial charge < -0.3 is 10.1 Å². The van der Waals surface area contributed by atoms with Crippen molar-refractivity contribution in [3.8, 4) is 0 Å². The van der Waals surface area contributed by atoms with E-state index in [1.165, 1.54) is 25.1 Å². The number of amides is 1. The maximum Gasteiger partial charge on any atom is 0.331 e. The molecule has 0 aliphatic rings. The summed E-state index contributed by atoms with van der Waals surface area (Å²) < 4.78 is 17.9. The second-order valence-electron chi connectivity index (χ2n) is 4.01. The molecule has 1 atom stereocenters. The Morgan fingerprint density at radius 2 is 2.20 bits per heavy atom. The number of halogens is 2. The van der Waals surface area contributed by atoms with E-state index in [1.54, 1.807) is 6.08 Å². The minimum absolute atomic E-state index is 0.0988. The van der Waals surface area contributed by atoms with E-state index in [0.29, 0.717) is 12.1 Å². The van der Waals surface area contributed by atoms with E-state index >= 15 is 0 Å². The number of hydrogen-bond donors (Lipinski definition) is 1. The molecule has 0 aliphatic carbocycles. The highest BCUT2D eigenvalue weighted by molar-refractivity contribution is 6.31. The SMILES string of the molecule is CC/C=C/C(=O)O[C@@H](C)C(=O)Nc1ccc(F)c(Cl)c1. The lowest BCUT2D eigenvalue weighted by Gasteiger charge is -2.12. The number of hydrogen-bond acceptors (Lipinski definition) is 3. The molecule has 1 N–H and O–H groups in total. The van der Waals surface area contributed by atoms with Crippen LogP contribution >= 0.6 is 11.6 Å². The van der Waals surface area contributed by atoms with Gasteiger partial charge in [-0.15, -0.1) is 0 Å². The first kappa shape index (κ1) is 16.2.